The summed E-state index contributed by atoms with van der Waals surface area (Å²) in [7, 11) is 0. The summed E-state index contributed by atoms with van der Waals surface area (Å²) in [6, 6.07) is 14.4. The average Bonchev–Trinajstić information content (AvgIpc) is 2.52. The first-order chi connectivity index (χ1) is 10.4. The van der Waals surface area contributed by atoms with Gasteiger partial charge in [-0.05, 0) is 59.7 Å². The van der Waals surface area contributed by atoms with E-state index in [1.165, 1.54) is 0 Å². The van der Waals surface area contributed by atoms with Gasteiger partial charge in [-0.1, -0.05) is 51.8 Å². The fourth-order valence-corrected chi connectivity index (χ4v) is 2.83. The van der Waals surface area contributed by atoms with Crippen molar-refractivity contribution in [2.45, 2.75) is 11.2 Å². The number of aliphatic hydroxyl groups is 2. The Labute approximate surface area is 142 Å². The molecule has 0 fully saturated rings. The van der Waals surface area contributed by atoms with Crippen LogP contribution < -0.4 is 0 Å². The standard InChI is InChI=1S/C18H14BrClO2/c19-15-5-1-13(2-6-15)17(21)9-11-18(22,12-10-17)14-3-7-16(20)8-4-14/h1-12,21-22H. The van der Waals surface area contributed by atoms with Crippen molar-refractivity contribution >= 4 is 27.5 Å². The summed E-state index contributed by atoms with van der Waals surface area (Å²) in [5.41, 5.74) is -1.03. The van der Waals surface area contributed by atoms with E-state index in [1.807, 2.05) is 24.3 Å². The van der Waals surface area contributed by atoms with Crippen LogP contribution in [-0.2, 0) is 11.2 Å². The zero-order valence-electron chi connectivity index (χ0n) is 11.6. The number of halogens is 2. The van der Waals surface area contributed by atoms with Gasteiger partial charge in [-0.25, -0.2) is 0 Å². The highest BCUT2D eigenvalue weighted by Crippen LogP contribution is 2.36. The highest BCUT2D eigenvalue weighted by Gasteiger charge is 2.33. The van der Waals surface area contributed by atoms with Crippen LogP contribution in [0.3, 0.4) is 0 Å². The van der Waals surface area contributed by atoms with Crippen molar-refractivity contribution < 1.29 is 10.2 Å². The van der Waals surface area contributed by atoms with Gasteiger partial charge in [0.25, 0.3) is 0 Å². The summed E-state index contributed by atoms with van der Waals surface area (Å²) in [5, 5.41) is 22.1. The Kier molecular flexibility index (Phi) is 4.00. The van der Waals surface area contributed by atoms with E-state index in [9.17, 15) is 10.2 Å². The Morgan fingerprint density at radius 3 is 1.45 bits per heavy atom. The van der Waals surface area contributed by atoms with Gasteiger partial charge in [0.05, 0.1) is 0 Å². The summed E-state index contributed by atoms with van der Waals surface area (Å²) < 4.78 is 0.946. The Morgan fingerprint density at radius 1 is 0.682 bits per heavy atom. The molecule has 0 radical (unpaired) electrons. The van der Waals surface area contributed by atoms with Crippen LogP contribution in [0.25, 0.3) is 0 Å². The maximum Gasteiger partial charge on any atom is 0.127 e. The second-order valence-electron chi connectivity index (χ2n) is 5.33. The second kappa shape index (κ2) is 5.67. The molecule has 0 saturated heterocycles. The van der Waals surface area contributed by atoms with Crippen molar-refractivity contribution in [1.82, 2.24) is 0 Å². The number of hydrogen-bond donors (Lipinski definition) is 2. The van der Waals surface area contributed by atoms with Crippen LogP contribution >= 0.6 is 27.5 Å². The van der Waals surface area contributed by atoms with Crippen molar-refractivity contribution in [3.05, 3.63) is 93.5 Å². The number of benzene rings is 2. The molecule has 1 aliphatic rings. The van der Waals surface area contributed by atoms with Gasteiger partial charge in [0.15, 0.2) is 0 Å². The van der Waals surface area contributed by atoms with E-state index < -0.39 is 11.2 Å². The molecule has 1 aliphatic carbocycles. The molecule has 0 saturated carbocycles. The predicted octanol–water partition coefficient (Wildman–Crippen LogP) is 4.30. The van der Waals surface area contributed by atoms with Crippen molar-refractivity contribution in [3.8, 4) is 0 Å². The third-order valence-corrected chi connectivity index (χ3v) is 4.58. The predicted molar refractivity (Wildman–Crippen MR) is 91.7 cm³/mol. The van der Waals surface area contributed by atoms with Crippen LogP contribution in [0.2, 0.25) is 5.02 Å². The molecule has 2 nitrogen and oxygen atoms in total. The van der Waals surface area contributed by atoms with Crippen molar-refractivity contribution in [3.63, 3.8) is 0 Å². The summed E-state index contributed by atoms with van der Waals surface area (Å²) in [4.78, 5) is 0. The Morgan fingerprint density at radius 2 is 1.05 bits per heavy atom. The lowest BCUT2D eigenvalue weighted by atomic mass is 9.82. The summed E-state index contributed by atoms with van der Waals surface area (Å²) in [6.07, 6.45) is 6.40. The van der Waals surface area contributed by atoms with Crippen LogP contribution in [-0.4, -0.2) is 10.2 Å². The largest absolute Gasteiger partial charge is 0.377 e. The molecule has 0 aromatic heterocycles. The molecule has 0 amide bonds. The van der Waals surface area contributed by atoms with Crippen molar-refractivity contribution in [1.29, 1.82) is 0 Å². The maximum atomic E-state index is 10.7. The molecule has 3 rings (SSSR count). The highest BCUT2D eigenvalue weighted by atomic mass is 79.9. The van der Waals surface area contributed by atoms with E-state index >= 15 is 0 Å². The van der Waals surface area contributed by atoms with Crippen LogP contribution in [0.15, 0.2) is 77.3 Å². The normalized spacial score (nSPS) is 27.1. The van der Waals surface area contributed by atoms with Crippen LogP contribution in [0.4, 0.5) is 0 Å². The van der Waals surface area contributed by atoms with Gasteiger partial charge >= 0.3 is 0 Å². The number of rotatable bonds is 2. The minimum absolute atomic E-state index is 0.613. The lowest BCUT2D eigenvalue weighted by molar-refractivity contribution is 0.106. The first-order valence-electron chi connectivity index (χ1n) is 6.79. The van der Waals surface area contributed by atoms with E-state index in [-0.39, 0.29) is 0 Å². The van der Waals surface area contributed by atoms with Gasteiger partial charge in [0, 0.05) is 9.50 Å². The molecule has 0 aliphatic heterocycles. The maximum absolute atomic E-state index is 10.7. The molecular formula is C18H14BrClO2. The van der Waals surface area contributed by atoms with E-state index in [1.54, 1.807) is 48.6 Å². The zero-order chi connectivity index (χ0) is 15.8. The Hall–Kier alpha value is -1.39. The van der Waals surface area contributed by atoms with Gasteiger partial charge in [0.2, 0.25) is 0 Å². The SMILES string of the molecule is OC1(c2ccc(Cl)cc2)C=CC(O)(c2ccc(Br)cc2)C=C1. The molecular weight excluding hydrogens is 364 g/mol. The third kappa shape index (κ3) is 2.90. The summed E-state index contributed by atoms with van der Waals surface area (Å²) >= 11 is 9.25. The van der Waals surface area contributed by atoms with Gasteiger partial charge in [-0.15, -0.1) is 0 Å². The number of hydrogen-bond acceptors (Lipinski definition) is 2. The lowest BCUT2D eigenvalue weighted by Gasteiger charge is -2.31. The summed E-state index contributed by atoms with van der Waals surface area (Å²) in [5.74, 6) is 0. The molecule has 4 heteroatoms. The van der Waals surface area contributed by atoms with Crippen LogP contribution in [0.5, 0.6) is 0 Å². The van der Waals surface area contributed by atoms with Crippen molar-refractivity contribution in [2.75, 3.05) is 0 Å². The van der Waals surface area contributed by atoms with Gasteiger partial charge in [-0.2, -0.15) is 0 Å². The molecule has 0 heterocycles. The molecule has 2 N–H and O–H groups in total. The van der Waals surface area contributed by atoms with Crippen molar-refractivity contribution in [2.24, 2.45) is 0 Å². The molecule has 2 aromatic rings. The molecule has 0 unspecified atom stereocenters. The smallest absolute Gasteiger partial charge is 0.127 e. The third-order valence-electron chi connectivity index (χ3n) is 3.80. The van der Waals surface area contributed by atoms with Gasteiger partial charge in [-0.3, -0.25) is 0 Å². The second-order valence-corrected chi connectivity index (χ2v) is 6.68. The van der Waals surface area contributed by atoms with Crippen LogP contribution in [0.1, 0.15) is 11.1 Å². The zero-order valence-corrected chi connectivity index (χ0v) is 13.9. The van der Waals surface area contributed by atoms with Crippen LogP contribution in [0, 0.1) is 0 Å². The quantitative estimate of drug-likeness (QED) is 0.766. The fourth-order valence-electron chi connectivity index (χ4n) is 2.44. The average molecular weight is 378 g/mol. The minimum atomic E-state index is -1.24. The fraction of sp³-hybridized carbons (Fsp3) is 0.111. The monoisotopic (exact) mass is 376 g/mol. The topological polar surface area (TPSA) is 40.5 Å². The van der Waals surface area contributed by atoms with E-state index in [4.69, 9.17) is 11.6 Å². The molecule has 2 aromatic carbocycles. The molecule has 22 heavy (non-hydrogen) atoms. The minimum Gasteiger partial charge on any atom is -0.377 e. The molecule has 0 bridgehead atoms. The Bertz CT molecular complexity index is 655. The summed E-state index contributed by atoms with van der Waals surface area (Å²) in [6.45, 7) is 0. The van der Waals surface area contributed by atoms with E-state index in [0.29, 0.717) is 10.6 Å². The first kappa shape index (κ1) is 15.5. The molecule has 0 atom stereocenters. The highest BCUT2D eigenvalue weighted by molar-refractivity contribution is 9.10. The first-order valence-corrected chi connectivity index (χ1v) is 7.96. The molecule has 112 valence electrons. The van der Waals surface area contributed by atoms with Gasteiger partial charge < -0.3 is 10.2 Å². The van der Waals surface area contributed by atoms with E-state index in [2.05, 4.69) is 15.9 Å². The van der Waals surface area contributed by atoms with E-state index in [0.717, 1.165) is 10.0 Å². The Balaban J connectivity index is 1.92. The lowest BCUT2D eigenvalue weighted by Crippen LogP contribution is -2.30. The molecule has 0 spiro atoms. The van der Waals surface area contributed by atoms with Gasteiger partial charge in [0.1, 0.15) is 11.2 Å².